The van der Waals surface area contributed by atoms with Crippen LogP contribution in [0.2, 0.25) is 0 Å². The highest BCUT2D eigenvalue weighted by Gasteiger charge is 2.28. The summed E-state index contributed by atoms with van der Waals surface area (Å²) in [6.45, 7) is 2.30. The van der Waals surface area contributed by atoms with E-state index in [0.29, 0.717) is 5.69 Å². The molecule has 32 heavy (non-hydrogen) atoms. The highest BCUT2D eigenvalue weighted by Crippen LogP contribution is 2.38. The summed E-state index contributed by atoms with van der Waals surface area (Å²) < 4.78 is 7.11. The molecule has 0 spiro atoms. The lowest BCUT2D eigenvalue weighted by molar-refractivity contribution is -0.646. The summed E-state index contributed by atoms with van der Waals surface area (Å²) in [5, 5.41) is 7.68. The van der Waals surface area contributed by atoms with E-state index in [-0.39, 0.29) is 5.71 Å². The number of hydrazone groups is 1. The number of pyridine rings is 1. The van der Waals surface area contributed by atoms with E-state index in [9.17, 15) is 4.79 Å². The van der Waals surface area contributed by atoms with E-state index in [1.165, 1.54) is 36.8 Å². The number of carbonyl (C=O) groups excluding carboxylic acids is 1. The van der Waals surface area contributed by atoms with Gasteiger partial charge in [0.05, 0.1) is 12.8 Å². The largest absolute Gasteiger partial charge is 0.464 e. The van der Waals surface area contributed by atoms with Gasteiger partial charge in [0.15, 0.2) is 0 Å². The smallest absolute Gasteiger partial charge is 0.365 e. The van der Waals surface area contributed by atoms with Crippen molar-refractivity contribution in [1.82, 2.24) is 0 Å². The second kappa shape index (κ2) is 8.26. The van der Waals surface area contributed by atoms with E-state index >= 15 is 0 Å². The molecular formula is C26H29N4O2+. The number of aryl methyl sites for hydroxylation is 3. The Morgan fingerprint density at radius 1 is 1.06 bits per heavy atom. The first-order valence-electron chi connectivity index (χ1n) is 11.3. The van der Waals surface area contributed by atoms with Crippen LogP contribution in [0.4, 0.5) is 11.4 Å². The third-order valence-electron chi connectivity index (χ3n) is 6.64. The number of rotatable bonds is 4. The Hall–Kier alpha value is -3.41. The Labute approximate surface area is 188 Å². The molecule has 3 aromatic rings. The number of aromatic nitrogens is 1. The van der Waals surface area contributed by atoms with Crippen LogP contribution in [0.15, 0.2) is 53.6 Å². The molecule has 2 aliphatic rings. The summed E-state index contributed by atoms with van der Waals surface area (Å²) in [5.74, 6) is -0.451. The molecule has 2 aliphatic heterocycles. The maximum Gasteiger partial charge on any atom is 0.365 e. The number of methoxy groups -OCH3 is 1. The summed E-state index contributed by atoms with van der Waals surface area (Å²) in [4.78, 5) is 15.3. The second-order valence-corrected chi connectivity index (χ2v) is 8.61. The number of esters is 1. The van der Waals surface area contributed by atoms with Gasteiger partial charge in [0, 0.05) is 43.3 Å². The van der Waals surface area contributed by atoms with Crippen LogP contribution in [0.1, 0.15) is 29.7 Å². The van der Waals surface area contributed by atoms with Crippen LogP contribution in [0.25, 0.3) is 10.9 Å². The van der Waals surface area contributed by atoms with E-state index in [4.69, 9.17) is 9.84 Å². The monoisotopic (exact) mass is 429 g/mol. The third-order valence-corrected chi connectivity index (χ3v) is 6.64. The first-order chi connectivity index (χ1) is 15.6. The molecule has 0 atom stereocenters. The van der Waals surface area contributed by atoms with Crippen molar-refractivity contribution in [2.24, 2.45) is 12.1 Å². The molecular weight excluding hydrogens is 400 g/mol. The number of fused-ring (bicyclic) bond motifs is 1. The number of hydrogen-bond acceptors (Lipinski definition) is 5. The molecule has 0 N–H and O–H groups in total. The minimum atomic E-state index is -0.451. The van der Waals surface area contributed by atoms with Crippen molar-refractivity contribution in [1.29, 1.82) is 0 Å². The first kappa shape index (κ1) is 20.5. The highest BCUT2D eigenvalue weighted by atomic mass is 16.5. The lowest BCUT2D eigenvalue weighted by Crippen LogP contribution is -2.40. The van der Waals surface area contributed by atoms with Crippen molar-refractivity contribution in [3.05, 3.63) is 65.4 Å². The fourth-order valence-corrected chi connectivity index (χ4v) is 5.05. The van der Waals surface area contributed by atoms with Gasteiger partial charge >= 0.3 is 5.97 Å². The summed E-state index contributed by atoms with van der Waals surface area (Å²) >= 11 is 0. The Balaban J connectivity index is 1.58. The van der Waals surface area contributed by atoms with Crippen LogP contribution >= 0.6 is 0 Å². The fraction of sp³-hybridized carbons (Fsp3) is 0.346. The Kier molecular flexibility index (Phi) is 5.29. The minimum absolute atomic E-state index is 0.288. The zero-order valence-electron chi connectivity index (χ0n) is 19.0. The summed E-state index contributed by atoms with van der Waals surface area (Å²) in [5.41, 5.74) is 7.25. The molecule has 0 radical (unpaired) electrons. The zero-order chi connectivity index (χ0) is 22.2. The quantitative estimate of drug-likeness (QED) is 0.276. The summed E-state index contributed by atoms with van der Waals surface area (Å²) in [6.07, 6.45) is 4.55. The Bertz CT molecular complexity index is 1200. The van der Waals surface area contributed by atoms with Gasteiger partial charge in [-0.25, -0.2) is 4.79 Å². The number of hydrogen-bond donors (Lipinski definition) is 0. The summed E-state index contributed by atoms with van der Waals surface area (Å²) in [7, 11) is 5.26. The zero-order valence-corrected chi connectivity index (χ0v) is 19.0. The lowest BCUT2D eigenvalue weighted by atomic mass is 9.91. The molecule has 0 amide bonds. The number of ether oxygens (including phenoxy) is 1. The van der Waals surface area contributed by atoms with Crippen LogP contribution in [0.5, 0.6) is 0 Å². The molecule has 2 aromatic carbocycles. The van der Waals surface area contributed by atoms with E-state index in [1.54, 1.807) is 0 Å². The van der Waals surface area contributed by atoms with Gasteiger partial charge in [-0.15, -0.1) is 0 Å². The molecule has 0 bridgehead atoms. The maximum absolute atomic E-state index is 12.8. The van der Waals surface area contributed by atoms with Crippen molar-refractivity contribution in [2.75, 3.05) is 37.2 Å². The molecule has 5 rings (SSSR count). The Morgan fingerprint density at radius 3 is 2.44 bits per heavy atom. The van der Waals surface area contributed by atoms with Crippen LogP contribution in [-0.2, 0) is 29.4 Å². The maximum atomic E-state index is 12.8. The molecule has 0 aliphatic carbocycles. The minimum Gasteiger partial charge on any atom is -0.464 e. The SMILES string of the molecule is COC(=O)/C(=N\N(C)c1cc2c3c(c1)CCCN3CCC2)c1ccc2ccccc2[n+]1C. The number of anilines is 2. The molecule has 6 nitrogen and oxygen atoms in total. The molecule has 1 aromatic heterocycles. The van der Waals surface area contributed by atoms with Gasteiger partial charge < -0.3 is 9.64 Å². The van der Waals surface area contributed by atoms with E-state index in [2.05, 4.69) is 23.1 Å². The third kappa shape index (κ3) is 3.49. The molecule has 0 unspecified atom stereocenters. The van der Waals surface area contributed by atoms with Crippen LogP contribution < -0.4 is 14.5 Å². The van der Waals surface area contributed by atoms with Crippen molar-refractivity contribution in [3.8, 4) is 0 Å². The second-order valence-electron chi connectivity index (χ2n) is 8.61. The highest BCUT2D eigenvalue weighted by molar-refractivity contribution is 6.42. The lowest BCUT2D eigenvalue weighted by Gasteiger charge is -2.37. The molecule has 0 saturated heterocycles. The average molecular weight is 430 g/mol. The first-order valence-corrected chi connectivity index (χ1v) is 11.3. The van der Waals surface area contributed by atoms with E-state index < -0.39 is 5.97 Å². The topological polar surface area (TPSA) is 49.0 Å². The van der Waals surface area contributed by atoms with Gasteiger partial charge in [-0.1, -0.05) is 12.1 Å². The van der Waals surface area contributed by atoms with Gasteiger partial charge in [0.1, 0.15) is 7.05 Å². The molecule has 0 fully saturated rings. The van der Waals surface area contributed by atoms with E-state index in [1.807, 2.05) is 54.0 Å². The number of benzene rings is 2. The molecule has 3 heterocycles. The Morgan fingerprint density at radius 2 is 1.75 bits per heavy atom. The number of nitrogens with zero attached hydrogens (tertiary/aromatic N) is 4. The van der Waals surface area contributed by atoms with Gasteiger partial charge in [0.25, 0.3) is 0 Å². The van der Waals surface area contributed by atoms with Crippen molar-refractivity contribution in [2.45, 2.75) is 25.7 Å². The van der Waals surface area contributed by atoms with Gasteiger partial charge in [-0.3, -0.25) is 5.01 Å². The van der Waals surface area contributed by atoms with Crippen molar-refractivity contribution >= 4 is 34.0 Å². The van der Waals surface area contributed by atoms with Crippen molar-refractivity contribution in [3.63, 3.8) is 0 Å². The predicted molar refractivity (Wildman–Crippen MR) is 127 cm³/mol. The van der Waals surface area contributed by atoms with Crippen LogP contribution in [0, 0.1) is 0 Å². The van der Waals surface area contributed by atoms with Gasteiger partial charge in [-0.2, -0.15) is 9.67 Å². The van der Waals surface area contributed by atoms with Gasteiger partial charge in [0.2, 0.25) is 16.9 Å². The molecule has 6 heteroatoms. The predicted octanol–water partition coefficient (Wildman–Crippen LogP) is 3.38. The normalized spacial score (nSPS) is 15.5. The van der Waals surface area contributed by atoms with Crippen molar-refractivity contribution < 1.29 is 14.1 Å². The van der Waals surface area contributed by atoms with E-state index in [0.717, 1.165) is 42.5 Å². The molecule has 0 saturated carbocycles. The van der Waals surface area contributed by atoms with Crippen LogP contribution in [0.3, 0.4) is 0 Å². The molecule has 164 valence electrons. The fourth-order valence-electron chi connectivity index (χ4n) is 5.05. The number of carbonyl (C=O) groups is 1. The van der Waals surface area contributed by atoms with Crippen LogP contribution in [-0.4, -0.2) is 38.9 Å². The standard InChI is InChI=1S/C26H29N4O2/c1-28-22-11-5-4-8-18(22)12-13-23(28)24(26(31)32-3)27-29(2)21-16-19-9-6-14-30-15-7-10-20(17-21)25(19)30/h4-5,8,11-13,16-17H,6-7,9-10,14-15H2,1-3H3/q+1. The number of para-hydroxylation sites is 1. The average Bonchev–Trinajstić information content (AvgIpc) is 2.83. The van der Waals surface area contributed by atoms with Gasteiger partial charge in [-0.05, 0) is 61.1 Å². The summed E-state index contributed by atoms with van der Waals surface area (Å²) in [6, 6.07) is 16.5.